The zero-order valence-corrected chi connectivity index (χ0v) is 14.2. The molecule has 6 heteroatoms. The van der Waals surface area contributed by atoms with Crippen molar-refractivity contribution < 1.29 is 4.79 Å². The highest BCUT2D eigenvalue weighted by Crippen LogP contribution is 2.28. The van der Waals surface area contributed by atoms with E-state index in [1.807, 2.05) is 11.8 Å². The number of rotatable bonds is 6. The van der Waals surface area contributed by atoms with Crippen LogP contribution < -0.4 is 10.6 Å². The highest BCUT2D eigenvalue weighted by Gasteiger charge is 2.30. The molecule has 0 bridgehead atoms. The summed E-state index contributed by atoms with van der Waals surface area (Å²) in [6.45, 7) is 8.58. The van der Waals surface area contributed by atoms with Crippen LogP contribution in [0.4, 0.5) is 0 Å². The van der Waals surface area contributed by atoms with Gasteiger partial charge in [-0.1, -0.05) is 12.3 Å². The summed E-state index contributed by atoms with van der Waals surface area (Å²) in [6, 6.07) is 0. The third kappa shape index (κ3) is 5.43. The number of hydrogen-bond donors (Lipinski definition) is 2. The van der Waals surface area contributed by atoms with E-state index >= 15 is 0 Å². The van der Waals surface area contributed by atoms with Crippen LogP contribution in [0.1, 0.15) is 26.2 Å². The quantitative estimate of drug-likeness (QED) is 0.415. The molecule has 2 N–H and O–H groups in total. The maximum Gasteiger partial charge on any atom is 0.225 e. The SMILES string of the molecule is C#CCNC(=NCCN1CCN(C(=O)C2CCC2)CC1)NCC. The van der Waals surface area contributed by atoms with Gasteiger partial charge >= 0.3 is 0 Å². The van der Waals surface area contributed by atoms with Crippen LogP contribution in [-0.2, 0) is 4.79 Å². The number of nitrogens with one attached hydrogen (secondary N) is 2. The summed E-state index contributed by atoms with van der Waals surface area (Å²) >= 11 is 0. The molecule has 2 aliphatic rings. The summed E-state index contributed by atoms with van der Waals surface area (Å²) in [4.78, 5) is 21.2. The first-order valence-electron chi connectivity index (χ1n) is 8.71. The average molecular weight is 319 g/mol. The summed E-state index contributed by atoms with van der Waals surface area (Å²) in [5, 5.41) is 6.26. The average Bonchev–Trinajstić information content (AvgIpc) is 2.51. The number of guanidine groups is 1. The molecule has 1 aliphatic heterocycles. The van der Waals surface area contributed by atoms with Crippen molar-refractivity contribution in [1.29, 1.82) is 0 Å². The van der Waals surface area contributed by atoms with Crippen molar-refractivity contribution in [2.75, 3.05) is 52.4 Å². The van der Waals surface area contributed by atoms with E-state index in [0.29, 0.717) is 18.4 Å². The first-order valence-corrected chi connectivity index (χ1v) is 8.71. The van der Waals surface area contributed by atoms with E-state index in [9.17, 15) is 4.79 Å². The number of nitrogens with zero attached hydrogens (tertiary/aromatic N) is 3. The Bertz CT molecular complexity index is 444. The minimum absolute atomic E-state index is 0.316. The van der Waals surface area contributed by atoms with Gasteiger partial charge in [-0.2, -0.15) is 0 Å². The Hall–Kier alpha value is -1.74. The van der Waals surface area contributed by atoms with Crippen LogP contribution in [0.3, 0.4) is 0 Å². The molecular weight excluding hydrogens is 290 g/mol. The molecule has 2 fully saturated rings. The van der Waals surface area contributed by atoms with Crippen molar-refractivity contribution in [1.82, 2.24) is 20.4 Å². The highest BCUT2D eigenvalue weighted by molar-refractivity contribution is 5.80. The highest BCUT2D eigenvalue weighted by atomic mass is 16.2. The lowest BCUT2D eigenvalue weighted by atomic mass is 9.84. The van der Waals surface area contributed by atoms with Gasteiger partial charge in [-0.15, -0.1) is 6.42 Å². The first-order chi connectivity index (χ1) is 11.2. The van der Waals surface area contributed by atoms with Gasteiger partial charge in [-0.3, -0.25) is 14.7 Å². The van der Waals surface area contributed by atoms with Gasteiger partial charge in [-0.05, 0) is 19.8 Å². The fourth-order valence-corrected chi connectivity index (χ4v) is 2.88. The Kier molecular flexibility index (Phi) is 7.21. The van der Waals surface area contributed by atoms with Crippen LogP contribution in [0.5, 0.6) is 0 Å². The molecular formula is C17H29N5O. The van der Waals surface area contributed by atoms with Gasteiger partial charge in [0.1, 0.15) is 0 Å². The molecule has 1 amide bonds. The maximum absolute atomic E-state index is 12.2. The number of aliphatic imine (C=N–C) groups is 1. The third-order valence-corrected chi connectivity index (χ3v) is 4.53. The number of hydrogen-bond acceptors (Lipinski definition) is 3. The Morgan fingerprint density at radius 1 is 1.26 bits per heavy atom. The summed E-state index contributed by atoms with van der Waals surface area (Å²) in [6.07, 6.45) is 8.65. The molecule has 0 unspecified atom stereocenters. The summed E-state index contributed by atoms with van der Waals surface area (Å²) in [7, 11) is 0. The van der Waals surface area contributed by atoms with Crippen LogP contribution >= 0.6 is 0 Å². The zero-order valence-electron chi connectivity index (χ0n) is 14.2. The Labute approximate surface area is 139 Å². The normalized spacial score (nSPS) is 19.8. The lowest BCUT2D eigenvalue weighted by Crippen LogP contribution is -2.51. The second-order valence-electron chi connectivity index (χ2n) is 6.11. The predicted octanol–water partition coefficient (Wildman–Crippen LogP) is 0.119. The van der Waals surface area contributed by atoms with Crippen molar-refractivity contribution in [3.8, 4) is 12.3 Å². The van der Waals surface area contributed by atoms with E-state index in [1.54, 1.807) is 0 Å². The second kappa shape index (κ2) is 9.41. The van der Waals surface area contributed by atoms with Crippen LogP contribution in [0.2, 0.25) is 0 Å². The van der Waals surface area contributed by atoms with Gasteiger partial charge < -0.3 is 15.5 Å². The standard InChI is InChI=1S/C17H29N5O/c1-3-8-19-17(18-4-2)20-9-10-21-11-13-22(14-12-21)16(23)15-6-5-7-15/h1,15H,4-14H2,2H3,(H2,18,19,20). The summed E-state index contributed by atoms with van der Waals surface area (Å²) in [5.74, 6) is 4.01. The fraction of sp³-hybridized carbons (Fsp3) is 0.765. The van der Waals surface area contributed by atoms with Crippen LogP contribution in [-0.4, -0.2) is 74.0 Å². The molecule has 2 rings (SSSR count). The van der Waals surface area contributed by atoms with E-state index in [-0.39, 0.29) is 0 Å². The van der Waals surface area contributed by atoms with Gasteiger partial charge in [0.2, 0.25) is 5.91 Å². The van der Waals surface area contributed by atoms with Crippen LogP contribution in [0, 0.1) is 18.3 Å². The molecule has 0 aromatic carbocycles. The minimum Gasteiger partial charge on any atom is -0.357 e. The molecule has 1 saturated carbocycles. The number of carbonyl (C=O) groups excluding carboxylic acids is 1. The van der Waals surface area contributed by atoms with Crippen molar-refractivity contribution in [3.63, 3.8) is 0 Å². The fourth-order valence-electron chi connectivity index (χ4n) is 2.88. The van der Waals surface area contributed by atoms with Crippen molar-refractivity contribution >= 4 is 11.9 Å². The topological polar surface area (TPSA) is 60.0 Å². The van der Waals surface area contributed by atoms with E-state index in [2.05, 4.69) is 26.4 Å². The molecule has 1 heterocycles. The summed E-state index contributed by atoms with van der Waals surface area (Å²) < 4.78 is 0. The van der Waals surface area contributed by atoms with E-state index in [1.165, 1.54) is 6.42 Å². The molecule has 0 aromatic rings. The lowest BCUT2D eigenvalue weighted by Gasteiger charge is -2.38. The number of carbonyl (C=O) groups is 1. The van der Waals surface area contributed by atoms with E-state index in [4.69, 9.17) is 6.42 Å². The van der Waals surface area contributed by atoms with Crippen molar-refractivity contribution in [3.05, 3.63) is 0 Å². The molecule has 128 valence electrons. The third-order valence-electron chi connectivity index (χ3n) is 4.53. The van der Waals surface area contributed by atoms with E-state index in [0.717, 1.165) is 64.6 Å². The lowest BCUT2D eigenvalue weighted by molar-refractivity contribution is -0.139. The Morgan fingerprint density at radius 3 is 2.57 bits per heavy atom. The van der Waals surface area contributed by atoms with Gasteiger partial charge in [0.25, 0.3) is 0 Å². The van der Waals surface area contributed by atoms with Crippen molar-refractivity contribution in [2.24, 2.45) is 10.9 Å². The predicted molar refractivity (Wildman–Crippen MR) is 93.2 cm³/mol. The Balaban J connectivity index is 1.67. The van der Waals surface area contributed by atoms with Crippen LogP contribution in [0.15, 0.2) is 4.99 Å². The maximum atomic E-state index is 12.2. The second-order valence-corrected chi connectivity index (χ2v) is 6.11. The number of terminal acetylenes is 1. The molecule has 1 saturated heterocycles. The number of amides is 1. The van der Waals surface area contributed by atoms with E-state index < -0.39 is 0 Å². The smallest absolute Gasteiger partial charge is 0.225 e. The van der Waals surface area contributed by atoms with Gasteiger partial charge in [0, 0.05) is 45.2 Å². The monoisotopic (exact) mass is 319 g/mol. The first kappa shape index (κ1) is 17.6. The molecule has 23 heavy (non-hydrogen) atoms. The van der Waals surface area contributed by atoms with Gasteiger partial charge in [0.05, 0.1) is 13.1 Å². The molecule has 0 spiro atoms. The Morgan fingerprint density at radius 2 is 2.00 bits per heavy atom. The van der Waals surface area contributed by atoms with Gasteiger partial charge in [-0.25, -0.2) is 0 Å². The van der Waals surface area contributed by atoms with Gasteiger partial charge in [0.15, 0.2) is 5.96 Å². The van der Waals surface area contributed by atoms with Crippen LogP contribution in [0.25, 0.3) is 0 Å². The van der Waals surface area contributed by atoms with Crippen molar-refractivity contribution in [2.45, 2.75) is 26.2 Å². The minimum atomic E-state index is 0.316. The molecule has 0 atom stereocenters. The zero-order chi connectivity index (χ0) is 16.5. The molecule has 0 radical (unpaired) electrons. The largest absolute Gasteiger partial charge is 0.357 e. The number of piperazine rings is 1. The molecule has 0 aromatic heterocycles. The molecule has 6 nitrogen and oxygen atoms in total. The summed E-state index contributed by atoms with van der Waals surface area (Å²) in [5.41, 5.74) is 0. The molecule has 1 aliphatic carbocycles.